The fraction of sp³-hybridized carbons (Fsp3) is 0.222. The second-order valence-corrected chi connectivity index (χ2v) is 13.6. The van der Waals surface area contributed by atoms with Gasteiger partial charge in [-0.05, 0) is 61.0 Å². The van der Waals surface area contributed by atoms with Crippen LogP contribution in [0.2, 0.25) is 0 Å². The van der Waals surface area contributed by atoms with Gasteiger partial charge in [0.1, 0.15) is 11.5 Å². The molecule has 0 radical (unpaired) electrons. The molecule has 2 amide bonds. The summed E-state index contributed by atoms with van der Waals surface area (Å²) in [5.74, 6) is 0.809. The van der Waals surface area contributed by atoms with E-state index in [1.165, 1.54) is 8.87 Å². The molecule has 1 saturated heterocycles. The average molecular weight is 677 g/mol. The van der Waals surface area contributed by atoms with Gasteiger partial charge in [-0.1, -0.05) is 30.3 Å². The van der Waals surface area contributed by atoms with Crippen LogP contribution in [0.5, 0.6) is 0 Å². The second kappa shape index (κ2) is 13.2. The van der Waals surface area contributed by atoms with E-state index in [9.17, 15) is 13.2 Å². The van der Waals surface area contributed by atoms with E-state index in [2.05, 4.69) is 15.2 Å². The van der Waals surface area contributed by atoms with Gasteiger partial charge >= 0.3 is 6.03 Å². The zero-order valence-electron chi connectivity index (χ0n) is 27.4. The molecule has 1 N–H and O–H groups in total. The number of nitrogens with zero attached hydrogens (tertiary/aromatic N) is 7. The van der Waals surface area contributed by atoms with Crippen molar-refractivity contribution in [3.63, 3.8) is 0 Å². The lowest BCUT2D eigenvalue weighted by Gasteiger charge is -2.27. The molecular weight excluding hydrogens is 641 g/mol. The van der Waals surface area contributed by atoms with Crippen LogP contribution in [0.1, 0.15) is 6.92 Å². The maximum Gasteiger partial charge on any atom is 0.321 e. The van der Waals surface area contributed by atoms with Crippen molar-refractivity contribution in [3.8, 4) is 33.6 Å². The Morgan fingerprint density at radius 1 is 0.918 bits per heavy atom. The quantitative estimate of drug-likeness (QED) is 0.214. The summed E-state index contributed by atoms with van der Waals surface area (Å²) in [7, 11) is -0.704. The third-order valence-electron chi connectivity index (χ3n) is 8.51. The molecule has 7 rings (SSSR count). The molecule has 13 heteroatoms. The molecule has 0 atom stereocenters. The molecule has 5 heterocycles. The second-order valence-electron chi connectivity index (χ2n) is 11.9. The first-order chi connectivity index (χ1) is 23.7. The number of nitrogens with one attached hydrogen (secondary N) is 1. The monoisotopic (exact) mass is 676 g/mol. The van der Waals surface area contributed by atoms with Crippen molar-refractivity contribution in [2.45, 2.75) is 18.4 Å². The average Bonchev–Trinajstić information content (AvgIpc) is 3.76. The largest absolute Gasteiger partial charge is 0.378 e. The van der Waals surface area contributed by atoms with E-state index in [4.69, 9.17) is 14.8 Å². The number of morpholine rings is 1. The number of fused-ring (bicyclic) bond motifs is 1. The number of aryl methyl sites for hydroxylation is 1. The zero-order valence-corrected chi connectivity index (χ0v) is 28.3. The van der Waals surface area contributed by atoms with Gasteiger partial charge in [-0.25, -0.2) is 27.2 Å². The Morgan fingerprint density at radius 3 is 2.33 bits per heavy atom. The van der Waals surface area contributed by atoms with Crippen molar-refractivity contribution in [1.82, 2.24) is 28.6 Å². The normalized spacial score (nSPS) is 13.5. The van der Waals surface area contributed by atoms with Crippen LogP contribution in [0, 0.1) is 0 Å². The van der Waals surface area contributed by atoms with E-state index in [1.807, 2.05) is 66.3 Å². The molecule has 1 aliphatic rings. The molecule has 0 spiro atoms. The number of urea groups is 1. The Kier molecular flexibility index (Phi) is 8.61. The van der Waals surface area contributed by atoms with Crippen molar-refractivity contribution in [1.29, 1.82) is 0 Å². The molecule has 6 aromatic rings. The fourth-order valence-corrected chi connectivity index (χ4v) is 7.41. The Bertz CT molecular complexity index is 2220. The number of aromatic nitrogens is 5. The minimum atomic E-state index is -4.07. The third-order valence-corrected chi connectivity index (χ3v) is 10.2. The van der Waals surface area contributed by atoms with Crippen LogP contribution in [-0.4, -0.2) is 83.5 Å². The van der Waals surface area contributed by atoms with Crippen molar-refractivity contribution in [2.75, 3.05) is 50.6 Å². The highest BCUT2D eigenvalue weighted by Gasteiger charge is 2.27. The lowest BCUT2D eigenvalue weighted by atomic mass is 10.00. The topological polar surface area (TPSA) is 127 Å². The first-order valence-corrected chi connectivity index (χ1v) is 17.5. The first-order valence-electron chi connectivity index (χ1n) is 16.0. The van der Waals surface area contributed by atoms with E-state index >= 15 is 0 Å². The maximum atomic E-state index is 14.4. The SMILES string of the molecule is CCn1cc(-c2ccnc3c2cc(-c2ccc(N4CCOCC4)nc2)n3S(=O)(=O)c2ccccc2)c(-c2ccc(NC(=O)N(C)C)cc2)n1. The Hall–Kier alpha value is -5.53. The summed E-state index contributed by atoms with van der Waals surface area (Å²) < 4.78 is 37.4. The number of carbonyl (C=O) groups excluding carboxylic acids is 1. The van der Waals surface area contributed by atoms with Gasteiger partial charge in [-0.3, -0.25) is 4.68 Å². The number of carbonyl (C=O) groups is 1. The number of anilines is 2. The number of hydrogen-bond acceptors (Lipinski definition) is 8. The van der Waals surface area contributed by atoms with Crippen LogP contribution in [0.25, 0.3) is 44.7 Å². The van der Waals surface area contributed by atoms with Crippen molar-refractivity contribution in [2.24, 2.45) is 0 Å². The van der Waals surface area contributed by atoms with E-state index < -0.39 is 10.0 Å². The van der Waals surface area contributed by atoms with Gasteiger partial charge in [-0.2, -0.15) is 5.10 Å². The molecule has 0 aliphatic carbocycles. The fourth-order valence-electron chi connectivity index (χ4n) is 5.91. The van der Waals surface area contributed by atoms with Crippen LogP contribution in [-0.2, 0) is 21.3 Å². The van der Waals surface area contributed by atoms with E-state index in [0.717, 1.165) is 41.3 Å². The van der Waals surface area contributed by atoms with Crippen molar-refractivity contribution < 1.29 is 17.9 Å². The summed E-state index contributed by atoms with van der Waals surface area (Å²) in [4.78, 5) is 25.3. The molecule has 4 aromatic heterocycles. The summed E-state index contributed by atoms with van der Waals surface area (Å²) in [6.07, 6.45) is 5.31. The molecular formula is C36H36N8O4S. The van der Waals surface area contributed by atoms with Crippen LogP contribution in [0.15, 0.2) is 102 Å². The summed E-state index contributed by atoms with van der Waals surface area (Å²) in [5.41, 5.74) is 5.21. The van der Waals surface area contributed by atoms with Gasteiger partial charge in [0.2, 0.25) is 0 Å². The van der Waals surface area contributed by atoms with Crippen LogP contribution >= 0.6 is 0 Å². The van der Waals surface area contributed by atoms with Gasteiger partial charge in [0.15, 0.2) is 5.65 Å². The highest BCUT2D eigenvalue weighted by atomic mass is 32.2. The number of ether oxygens (including phenoxy) is 1. The van der Waals surface area contributed by atoms with Crippen LogP contribution in [0.4, 0.5) is 16.3 Å². The summed E-state index contributed by atoms with van der Waals surface area (Å²) in [5, 5.41) is 8.41. The van der Waals surface area contributed by atoms with E-state index in [1.54, 1.807) is 56.8 Å². The molecule has 0 bridgehead atoms. The molecule has 49 heavy (non-hydrogen) atoms. The van der Waals surface area contributed by atoms with Gasteiger partial charge in [0, 0.05) is 80.1 Å². The molecule has 1 aliphatic heterocycles. The number of amides is 2. The number of hydrogen-bond donors (Lipinski definition) is 1. The summed E-state index contributed by atoms with van der Waals surface area (Å²) in [6, 6.07) is 23.2. The van der Waals surface area contributed by atoms with Gasteiger partial charge in [0.05, 0.1) is 23.8 Å². The predicted molar refractivity (Wildman–Crippen MR) is 190 cm³/mol. The highest BCUT2D eigenvalue weighted by Crippen LogP contribution is 2.40. The van der Waals surface area contributed by atoms with Crippen LogP contribution in [0.3, 0.4) is 0 Å². The molecule has 1 fully saturated rings. The number of rotatable bonds is 8. The van der Waals surface area contributed by atoms with E-state index in [0.29, 0.717) is 47.7 Å². The molecule has 12 nitrogen and oxygen atoms in total. The number of benzene rings is 2. The Labute approximate surface area is 284 Å². The smallest absolute Gasteiger partial charge is 0.321 e. The molecule has 0 unspecified atom stereocenters. The van der Waals surface area contributed by atoms with Crippen LogP contribution < -0.4 is 10.2 Å². The predicted octanol–water partition coefficient (Wildman–Crippen LogP) is 5.82. The lowest BCUT2D eigenvalue weighted by Crippen LogP contribution is -2.36. The minimum absolute atomic E-state index is 0.153. The summed E-state index contributed by atoms with van der Waals surface area (Å²) in [6.45, 7) is 5.39. The zero-order chi connectivity index (χ0) is 34.1. The Morgan fingerprint density at radius 2 is 1.65 bits per heavy atom. The van der Waals surface area contributed by atoms with Crippen molar-refractivity contribution >= 4 is 38.6 Å². The van der Waals surface area contributed by atoms with Gasteiger partial charge in [-0.15, -0.1) is 0 Å². The molecule has 0 saturated carbocycles. The maximum absolute atomic E-state index is 14.4. The Balaban J connectivity index is 1.38. The molecule has 2 aromatic carbocycles. The molecule has 250 valence electrons. The third kappa shape index (κ3) is 6.14. The van der Waals surface area contributed by atoms with E-state index in [-0.39, 0.29) is 10.9 Å². The van der Waals surface area contributed by atoms with Gasteiger partial charge < -0.3 is 19.9 Å². The standard InChI is InChI=1S/C36H36N8O4S/c1-4-43-24-31(34(40-43)25-10-13-27(14-11-25)39-36(45)41(2)3)29-16-17-37-35-30(29)22-32(44(35)49(46,47)28-8-6-5-7-9-28)26-12-15-33(38-23-26)42-18-20-48-21-19-42/h5-17,22-24H,4,18-21H2,1-3H3,(H,39,45). The first kappa shape index (κ1) is 32.0. The van der Waals surface area contributed by atoms with Gasteiger partial charge in [0.25, 0.3) is 10.0 Å². The minimum Gasteiger partial charge on any atom is -0.378 e. The lowest BCUT2D eigenvalue weighted by molar-refractivity contribution is 0.122. The van der Waals surface area contributed by atoms with Crippen molar-refractivity contribution in [3.05, 3.63) is 97.5 Å². The summed E-state index contributed by atoms with van der Waals surface area (Å²) >= 11 is 0. The highest BCUT2D eigenvalue weighted by molar-refractivity contribution is 7.90. The number of pyridine rings is 2.